The average Bonchev–Trinajstić information content (AvgIpc) is 2.63. The molecule has 0 spiro atoms. The van der Waals surface area contributed by atoms with E-state index in [0.717, 1.165) is 0 Å². The SMILES string of the molecule is OCCCOc1ccc(C#Cc2ccc(OCCCO)c(F)c2)cc1F. The second-order valence-electron chi connectivity index (χ2n) is 5.39. The van der Waals surface area contributed by atoms with E-state index < -0.39 is 11.6 Å². The van der Waals surface area contributed by atoms with Crippen LogP contribution in [0.4, 0.5) is 8.78 Å². The molecule has 6 heteroatoms. The number of halogens is 2. The molecule has 2 N–H and O–H groups in total. The lowest BCUT2D eigenvalue weighted by molar-refractivity contribution is 0.228. The van der Waals surface area contributed by atoms with Crippen LogP contribution in [0.3, 0.4) is 0 Å². The van der Waals surface area contributed by atoms with Crippen molar-refractivity contribution in [2.75, 3.05) is 26.4 Å². The standard InChI is InChI=1S/C20H20F2O4/c21-17-13-15(5-7-19(17)25-11-1-9-23)3-4-16-6-8-20(18(22)14-16)26-12-2-10-24/h5-8,13-14,23-24H,1-2,9-12H2. The van der Waals surface area contributed by atoms with E-state index in [9.17, 15) is 8.78 Å². The van der Waals surface area contributed by atoms with Gasteiger partial charge in [0.2, 0.25) is 0 Å². The lowest BCUT2D eigenvalue weighted by Crippen LogP contribution is -2.01. The van der Waals surface area contributed by atoms with Gasteiger partial charge in [0.25, 0.3) is 0 Å². The number of ether oxygens (including phenoxy) is 2. The maximum absolute atomic E-state index is 13.9. The van der Waals surface area contributed by atoms with E-state index >= 15 is 0 Å². The third-order valence-corrected chi connectivity index (χ3v) is 3.33. The summed E-state index contributed by atoms with van der Waals surface area (Å²) in [6, 6.07) is 8.62. The van der Waals surface area contributed by atoms with E-state index in [4.69, 9.17) is 19.7 Å². The summed E-state index contributed by atoms with van der Waals surface area (Å²) in [6.45, 7) is 0.412. The molecule has 26 heavy (non-hydrogen) atoms. The minimum atomic E-state index is -0.548. The van der Waals surface area contributed by atoms with Crippen molar-refractivity contribution in [3.05, 3.63) is 59.2 Å². The van der Waals surface area contributed by atoms with Gasteiger partial charge in [-0.15, -0.1) is 0 Å². The Morgan fingerprint density at radius 3 is 1.50 bits per heavy atom. The van der Waals surface area contributed by atoms with Crippen LogP contribution in [-0.2, 0) is 0 Å². The summed E-state index contributed by atoms with van der Waals surface area (Å²) in [5, 5.41) is 17.4. The zero-order chi connectivity index (χ0) is 18.8. The first-order valence-electron chi connectivity index (χ1n) is 8.22. The molecule has 0 aliphatic carbocycles. The Morgan fingerprint density at radius 1 is 0.731 bits per heavy atom. The van der Waals surface area contributed by atoms with E-state index in [2.05, 4.69) is 11.8 Å². The summed E-state index contributed by atoms with van der Waals surface area (Å²) in [4.78, 5) is 0. The minimum absolute atomic E-state index is 0.0208. The first-order valence-corrected chi connectivity index (χ1v) is 8.22. The Labute approximate surface area is 151 Å². The first kappa shape index (κ1) is 19.7. The average molecular weight is 362 g/mol. The quantitative estimate of drug-likeness (QED) is 0.560. The Kier molecular flexibility index (Phi) is 7.87. The van der Waals surface area contributed by atoms with Crippen molar-refractivity contribution in [2.24, 2.45) is 0 Å². The fourth-order valence-corrected chi connectivity index (χ4v) is 2.03. The molecule has 0 heterocycles. The molecular weight excluding hydrogens is 342 g/mol. The van der Waals surface area contributed by atoms with Gasteiger partial charge >= 0.3 is 0 Å². The van der Waals surface area contributed by atoms with Crippen molar-refractivity contribution in [3.63, 3.8) is 0 Å². The second kappa shape index (κ2) is 10.4. The smallest absolute Gasteiger partial charge is 0.166 e. The molecule has 138 valence electrons. The van der Waals surface area contributed by atoms with Crippen molar-refractivity contribution >= 4 is 0 Å². The zero-order valence-electron chi connectivity index (χ0n) is 14.2. The molecule has 0 fully saturated rings. The predicted molar refractivity (Wildman–Crippen MR) is 93.2 cm³/mol. The fourth-order valence-electron chi connectivity index (χ4n) is 2.03. The third kappa shape index (κ3) is 6.03. The molecule has 2 aromatic rings. The number of aliphatic hydroxyl groups excluding tert-OH is 2. The largest absolute Gasteiger partial charge is 0.490 e. The van der Waals surface area contributed by atoms with Crippen LogP contribution in [0, 0.1) is 23.5 Å². The van der Waals surface area contributed by atoms with Crippen LogP contribution in [0.1, 0.15) is 24.0 Å². The Hall–Kier alpha value is -2.62. The van der Waals surface area contributed by atoms with Gasteiger partial charge in [0.05, 0.1) is 13.2 Å². The molecule has 0 bridgehead atoms. The summed E-state index contributed by atoms with van der Waals surface area (Å²) < 4.78 is 38.2. The summed E-state index contributed by atoms with van der Waals surface area (Å²) >= 11 is 0. The number of hydrogen-bond acceptors (Lipinski definition) is 4. The Bertz CT molecular complexity index is 718. The van der Waals surface area contributed by atoms with Crippen molar-refractivity contribution in [2.45, 2.75) is 12.8 Å². The lowest BCUT2D eigenvalue weighted by Gasteiger charge is -2.06. The van der Waals surface area contributed by atoms with Crippen LogP contribution < -0.4 is 9.47 Å². The maximum atomic E-state index is 13.9. The van der Waals surface area contributed by atoms with Crippen LogP contribution in [0.25, 0.3) is 0 Å². The van der Waals surface area contributed by atoms with Gasteiger partial charge in [-0.05, 0) is 36.4 Å². The van der Waals surface area contributed by atoms with E-state index in [0.29, 0.717) is 24.0 Å². The fraction of sp³-hybridized carbons (Fsp3) is 0.300. The summed E-state index contributed by atoms with van der Waals surface area (Å²) in [7, 11) is 0. The van der Waals surface area contributed by atoms with Crippen molar-refractivity contribution in [1.29, 1.82) is 0 Å². The highest BCUT2D eigenvalue weighted by atomic mass is 19.1. The number of rotatable bonds is 8. The first-order chi connectivity index (χ1) is 12.6. The predicted octanol–water partition coefficient (Wildman–Crippen LogP) is 2.89. The topological polar surface area (TPSA) is 58.9 Å². The van der Waals surface area contributed by atoms with Gasteiger partial charge in [0.15, 0.2) is 23.1 Å². The molecule has 2 rings (SSSR count). The molecule has 0 amide bonds. The van der Waals surface area contributed by atoms with Gasteiger partial charge in [0.1, 0.15) is 0 Å². The van der Waals surface area contributed by atoms with Crippen molar-refractivity contribution in [3.8, 4) is 23.3 Å². The van der Waals surface area contributed by atoms with E-state index in [1.807, 2.05) is 0 Å². The normalized spacial score (nSPS) is 10.2. The molecule has 0 saturated heterocycles. The maximum Gasteiger partial charge on any atom is 0.166 e. The van der Waals surface area contributed by atoms with Crippen LogP contribution in [-0.4, -0.2) is 36.6 Å². The van der Waals surface area contributed by atoms with Gasteiger partial charge in [0, 0.05) is 37.2 Å². The number of benzene rings is 2. The molecule has 0 radical (unpaired) electrons. The summed E-state index contributed by atoms with van der Waals surface area (Å²) in [6.07, 6.45) is 0.846. The van der Waals surface area contributed by atoms with Crippen LogP contribution in [0.2, 0.25) is 0 Å². The van der Waals surface area contributed by atoms with E-state index in [-0.39, 0.29) is 37.9 Å². The monoisotopic (exact) mass is 362 g/mol. The van der Waals surface area contributed by atoms with Crippen molar-refractivity contribution in [1.82, 2.24) is 0 Å². The second-order valence-corrected chi connectivity index (χ2v) is 5.39. The third-order valence-electron chi connectivity index (χ3n) is 3.33. The number of aliphatic hydroxyl groups is 2. The van der Waals surface area contributed by atoms with Crippen LogP contribution >= 0.6 is 0 Å². The molecule has 0 saturated carbocycles. The molecular formula is C20H20F2O4. The van der Waals surface area contributed by atoms with Gasteiger partial charge in [-0.25, -0.2) is 8.78 Å². The van der Waals surface area contributed by atoms with Crippen molar-refractivity contribution < 1.29 is 28.5 Å². The Balaban J connectivity index is 2.04. The molecule has 0 aromatic heterocycles. The van der Waals surface area contributed by atoms with E-state index in [1.54, 1.807) is 12.1 Å². The molecule has 0 aliphatic rings. The van der Waals surface area contributed by atoms with Crippen LogP contribution in [0.15, 0.2) is 36.4 Å². The minimum Gasteiger partial charge on any atom is -0.490 e. The number of hydrogen-bond donors (Lipinski definition) is 2. The lowest BCUT2D eigenvalue weighted by atomic mass is 10.1. The molecule has 4 nitrogen and oxygen atoms in total. The summed E-state index contributed by atoms with van der Waals surface area (Å²) in [5.41, 5.74) is 0.862. The van der Waals surface area contributed by atoms with Gasteiger partial charge in [-0.1, -0.05) is 11.8 Å². The molecule has 0 aliphatic heterocycles. The Morgan fingerprint density at radius 2 is 1.15 bits per heavy atom. The zero-order valence-corrected chi connectivity index (χ0v) is 14.2. The van der Waals surface area contributed by atoms with Crippen LogP contribution in [0.5, 0.6) is 11.5 Å². The molecule has 0 unspecified atom stereocenters. The molecule has 2 aromatic carbocycles. The van der Waals surface area contributed by atoms with Gasteiger partial charge < -0.3 is 19.7 Å². The highest BCUT2D eigenvalue weighted by molar-refractivity contribution is 5.46. The molecule has 0 atom stereocenters. The highest BCUT2D eigenvalue weighted by Gasteiger charge is 2.05. The highest BCUT2D eigenvalue weighted by Crippen LogP contribution is 2.20. The van der Waals surface area contributed by atoms with Gasteiger partial charge in [-0.3, -0.25) is 0 Å². The van der Waals surface area contributed by atoms with Gasteiger partial charge in [-0.2, -0.15) is 0 Å². The van der Waals surface area contributed by atoms with E-state index in [1.165, 1.54) is 24.3 Å². The summed E-state index contributed by atoms with van der Waals surface area (Å²) in [5.74, 6) is 4.64.